The van der Waals surface area contributed by atoms with Gasteiger partial charge in [0, 0.05) is 13.1 Å². The molecule has 18 heavy (non-hydrogen) atoms. The van der Waals surface area contributed by atoms with Crippen molar-refractivity contribution >= 4 is 5.97 Å². The maximum atomic E-state index is 11.6. The van der Waals surface area contributed by atoms with Crippen LogP contribution in [0.2, 0.25) is 0 Å². The third-order valence-corrected chi connectivity index (χ3v) is 4.47. The van der Waals surface area contributed by atoms with Crippen LogP contribution in [-0.4, -0.2) is 50.7 Å². The molecule has 2 aliphatic rings. The van der Waals surface area contributed by atoms with Crippen molar-refractivity contribution in [1.29, 1.82) is 0 Å². The third-order valence-electron chi connectivity index (χ3n) is 4.47. The first-order chi connectivity index (χ1) is 8.70. The van der Waals surface area contributed by atoms with Crippen LogP contribution < -0.4 is 5.32 Å². The number of hydrogen-bond acceptors (Lipinski definition) is 4. The van der Waals surface area contributed by atoms with Gasteiger partial charge in [0.1, 0.15) is 0 Å². The summed E-state index contributed by atoms with van der Waals surface area (Å²) in [6.45, 7) is 7.81. The summed E-state index contributed by atoms with van der Waals surface area (Å²) in [5.74, 6) is 1.35. The monoisotopic (exact) mass is 254 g/mol. The lowest BCUT2D eigenvalue weighted by molar-refractivity contribution is -0.149. The highest BCUT2D eigenvalue weighted by Crippen LogP contribution is 2.26. The molecular formula is C14H26N2O2. The van der Waals surface area contributed by atoms with E-state index in [0.29, 0.717) is 5.92 Å². The quantitative estimate of drug-likeness (QED) is 0.766. The predicted octanol–water partition coefficient (Wildman–Crippen LogP) is 1.12. The summed E-state index contributed by atoms with van der Waals surface area (Å²) >= 11 is 0. The van der Waals surface area contributed by atoms with Crippen molar-refractivity contribution in [2.45, 2.75) is 26.2 Å². The van der Waals surface area contributed by atoms with Crippen LogP contribution in [0.25, 0.3) is 0 Å². The Labute approximate surface area is 110 Å². The normalized spacial score (nSPS) is 31.2. The molecule has 2 aliphatic heterocycles. The fraction of sp³-hybridized carbons (Fsp3) is 0.929. The molecule has 2 saturated heterocycles. The number of ether oxygens (including phenoxy) is 1. The van der Waals surface area contributed by atoms with Crippen LogP contribution in [0, 0.1) is 17.8 Å². The van der Waals surface area contributed by atoms with E-state index in [2.05, 4.69) is 17.1 Å². The minimum absolute atomic E-state index is 0.0241. The number of methoxy groups -OCH3 is 1. The van der Waals surface area contributed by atoms with Crippen LogP contribution in [0.4, 0.5) is 0 Å². The Bertz CT molecular complexity index is 277. The van der Waals surface area contributed by atoms with Crippen molar-refractivity contribution in [2.24, 2.45) is 17.8 Å². The summed E-state index contributed by atoms with van der Waals surface area (Å²) < 4.78 is 4.88. The van der Waals surface area contributed by atoms with Crippen LogP contribution >= 0.6 is 0 Å². The number of rotatable bonds is 3. The van der Waals surface area contributed by atoms with Gasteiger partial charge < -0.3 is 15.0 Å². The molecule has 4 heteroatoms. The van der Waals surface area contributed by atoms with E-state index in [4.69, 9.17) is 4.74 Å². The Hall–Kier alpha value is -0.610. The highest BCUT2D eigenvalue weighted by molar-refractivity contribution is 5.72. The molecule has 0 amide bonds. The number of hydrogen-bond donors (Lipinski definition) is 1. The Balaban J connectivity index is 1.78. The zero-order valence-corrected chi connectivity index (χ0v) is 11.7. The topological polar surface area (TPSA) is 41.6 Å². The third kappa shape index (κ3) is 3.45. The largest absolute Gasteiger partial charge is 0.469 e. The Kier molecular flexibility index (Phi) is 5.01. The molecule has 0 spiro atoms. The van der Waals surface area contributed by atoms with Gasteiger partial charge in [-0.25, -0.2) is 0 Å². The molecule has 104 valence electrons. The van der Waals surface area contributed by atoms with E-state index in [9.17, 15) is 4.79 Å². The summed E-state index contributed by atoms with van der Waals surface area (Å²) in [7, 11) is 1.50. The number of nitrogens with zero attached hydrogens (tertiary/aromatic N) is 1. The molecule has 0 aromatic rings. The molecule has 0 aliphatic carbocycles. The Morgan fingerprint density at radius 2 is 2.06 bits per heavy atom. The molecule has 4 nitrogen and oxygen atoms in total. The summed E-state index contributed by atoms with van der Waals surface area (Å²) in [5, 5.41) is 3.41. The van der Waals surface area contributed by atoms with Crippen molar-refractivity contribution in [3.63, 3.8) is 0 Å². The van der Waals surface area contributed by atoms with Crippen LogP contribution in [0.5, 0.6) is 0 Å². The van der Waals surface area contributed by atoms with Gasteiger partial charge in [0.05, 0.1) is 13.0 Å². The Morgan fingerprint density at radius 3 is 2.67 bits per heavy atom. The van der Waals surface area contributed by atoms with E-state index in [-0.39, 0.29) is 11.9 Å². The number of carbonyl (C=O) groups is 1. The van der Waals surface area contributed by atoms with Gasteiger partial charge in [-0.3, -0.25) is 4.79 Å². The first-order valence-corrected chi connectivity index (χ1v) is 7.21. The SMILES string of the molecule is COC(=O)C1CCN(CC2CCNCC2)CC1C. The van der Waals surface area contributed by atoms with E-state index < -0.39 is 0 Å². The van der Waals surface area contributed by atoms with Gasteiger partial charge in [-0.1, -0.05) is 6.92 Å². The Morgan fingerprint density at radius 1 is 1.33 bits per heavy atom. The summed E-state index contributed by atoms with van der Waals surface area (Å²) in [5.41, 5.74) is 0. The van der Waals surface area contributed by atoms with Gasteiger partial charge in [0.15, 0.2) is 0 Å². The average molecular weight is 254 g/mol. The molecule has 2 atom stereocenters. The minimum Gasteiger partial charge on any atom is -0.469 e. The number of likely N-dealkylation sites (tertiary alicyclic amines) is 1. The standard InChI is InChI=1S/C14H26N2O2/c1-11-9-16(8-5-13(11)14(17)18-2)10-12-3-6-15-7-4-12/h11-13,15H,3-10H2,1-2H3. The number of carbonyl (C=O) groups excluding carboxylic acids is 1. The van der Waals surface area contributed by atoms with E-state index in [1.165, 1.54) is 39.6 Å². The molecule has 0 bridgehead atoms. The highest BCUT2D eigenvalue weighted by atomic mass is 16.5. The first-order valence-electron chi connectivity index (χ1n) is 7.21. The van der Waals surface area contributed by atoms with Gasteiger partial charge in [-0.2, -0.15) is 0 Å². The molecule has 0 saturated carbocycles. The highest BCUT2D eigenvalue weighted by Gasteiger charge is 2.32. The van der Waals surface area contributed by atoms with Gasteiger partial charge in [-0.05, 0) is 50.7 Å². The summed E-state index contributed by atoms with van der Waals surface area (Å²) in [4.78, 5) is 14.2. The van der Waals surface area contributed by atoms with E-state index in [0.717, 1.165) is 25.4 Å². The van der Waals surface area contributed by atoms with Crippen molar-refractivity contribution in [2.75, 3.05) is 39.8 Å². The maximum Gasteiger partial charge on any atom is 0.309 e. The van der Waals surface area contributed by atoms with E-state index in [1.54, 1.807) is 0 Å². The van der Waals surface area contributed by atoms with Gasteiger partial charge in [0.25, 0.3) is 0 Å². The zero-order valence-electron chi connectivity index (χ0n) is 11.7. The van der Waals surface area contributed by atoms with Gasteiger partial charge in [0.2, 0.25) is 0 Å². The van der Waals surface area contributed by atoms with E-state index >= 15 is 0 Å². The lowest BCUT2D eigenvalue weighted by atomic mass is 9.86. The minimum atomic E-state index is -0.0241. The maximum absolute atomic E-state index is 11.6. The summed E-state index contributed by atoms with van der Waals surface area (Å²) in [6.07, 6.45) is 3.55. The van der Waals surface area contributed by atoms with Crippen molar-refractivity contribution in [3.8, 4) is 0 Å². The van der Waals surface area contributed by atoms with Crippen LogP contribution in [-0.2, 0) is 9.53 Å². The van der Waals surface area contributed by atoms with Gasteiger partial charge in [-0.15, -0.1) is 0 Å². The molecule has 0 radical (unpaired) electrons. The molecule has 2 rings (SSSR count). The second-order valence-electron chi connectivity index (χ2n) is 5.85. The molecule has 0 aromatic heterocycles. The first kappa shape index (κ1) is 13.8. The number of nitrogens with one attached hydrogen (secondary N) is 1. The zero-order chi connectivity index (χ0) is 13.0. The van der Waals surface area contributed by atoms with Crippen molar-refractivity contribution in [1.82, 2.24) is 10.2 Å². The average Bonchev–Trinajstić information content (AvgIpc) is 2.39. The lowest BCUT2D eigenvalue weighted by Gasteiger charge is -2.38. The predicted molar refractivity (Wildman–Crippen MR) is 71.3 cm³/mol. The molecule has 2 fully saturated rings. The van der Waals surface area contributed by atoms with Crippen molar-refractivity contribution < 1.29 is 9.53 Å². The fourth-order valence-corrected chi connectivity index (χ4v) is 3.33. The smallest absolute Gasteiger partial charge is 0.309 e. The number of piperidine rings is 2. The lowest BCUT2D eigenvalue weighted by Crippen LogP contribution is -2.45. The fourth-order valence-electron chi connectivity index (χ4n) is 3.33. The second-order valence-corrected chi connectivity index (χ2v) is 5.85. The second kappa shape index (κ2) is 6.53. The number of esters is 1. The molecule has 2 unspecified atom stereocenters. The molecule has 2 heterocycles. The van der Waals surface area contributed by atoms with E-state index in [1.807, 2.05) is 0 Å². The van der Waals surface area contributed by atoms with Crippen LogP contribution in [0.3, 0.4) is 0 Å². The molecule has 1 N–H and O–H groups in total. The van der Waals surface area contributed by atoms with Crippen molar-refractivity contribution in [3.05, 3.63) is 0 Å². The van der Waals surface area contributed by atoms with Crippen LogP contribution in [0.15, 0.2) is 0 Å². The van der Waals surface area contributed by atoms with Crippen LogP contribution in [0.1, 0.15) is 26.2 Å². The molecule has 0 aromatic carbocycles. The van der Waals surface area contributed by atoms with Gasteiger partial charge >= 0.3 is 5.97 Å². The molecular weight excluding hydrogens is 228 g/mol. The summed E-state index contributed by atoms with van der Waals surface area (Å²) in [6, 6.07) is 0.